The van der Waals surface area contributed by atoms with E-state index in [4.69, 9.17) is 4.74 Å². The topological polar surface area (TPSA) is 67.0 Å². The summed E-state index contributed by atoms with van der Waals surface area (Å²) in [6.45, 7) is 0. The highest BCUT2D eigenvalue weighted by molar-refractivity contribution is 5.94. The molecule has 108 valence electrons. The van der Waals surface area contributed by atoms with Gasteiger partial charge < -0.3 is 10.1 Å². The number of nitrogens with one attached hydrogen (secondary N) is 2. The molecule has 1 aromatic heterocycles. The zero-order chi connectivity index (χ0) is 14.4. The minimum absolute atomic E-state index is 0.00773. The van der Waals surface area contributed by atoms with Crippen molar-refractivity contribution in [3.8, 4) is 5.75 Å². The van der Waals surface area contributed by atoms with E-state index in [9.17, 15) is 4.79 Å². The number of benzene rings is 1. The molecule has 1 aliphatic carbocycles. The van der Waals surface area contributed by atoms with Gasteiger partial charge in [0.05, 0.1) is 13.3 Å². The summed E-state index contributed by atoms with van der Waals surface area (Å²) < 4.78 is 5.59. The SMILES string of the molecule is COc1cc2c(cc1[C@H]1CC(=O)Nc3[nH]ncc31)CCC2. The second kappa shape index (κ2) is 4.62. The number of H-pyrrole nitrogens is 1. The van der Waals surface area contributed by atoms with Gasteiger partial charge in [0.15, 0.2) is 0 Å². The number of amides is 1. The van der Waals surface area contributed by atoms with Crippen LogP contribution in [0.5, 0.6) is 5.75 Å². The molecule has 1 atom stereocenters. The predicted octanol–water partition coefficient (Wildman–Crippen LogP) is 2.38. The number of fused-ring (bicyclic) bond motifs is 2. The molecular formula is C16H17N3O2. The molecule has 0 fully saturated rings. The lowest BCUT2D eigenvalue weighted by Crippen LogP contribution is -2.23. The maximum Gasteiger partial charge on any atom is 0.226 e. The molecule has 5 heteroatoms. The van der Waals surface area contributed by atoms with Gasteiger partial charge in [-0.2, -0.15) is 5.10 Å². The fraction of sp³-hybridized carbons (Fsp3) is 0.375. The van der Waals surface area contributed by atoms with Gasteiger partial charge in [0.1, 0.15) is 11.6 Å². The smallest absolute Gasteiger partial charge is 0.226 e. The number of ether oxygens (including phenoxy) is 1. The van der Waals surface area contributed by atoms with E-state index in [0.29, 0.717) is 12.2 Å². The van der Waals surface area contributed by atoms with Crippen LogP contribution < -0.4 is 10.1 Å². The normalized spacial score (nSPS) is 19.9. The van der Waals surface area contributed by atoms with Crippen LogP contribution in [0.25, 0.3) is 0 Å². The van der Waals surface area contributed by atoms with Crippen molar-refractivity contribution in [3.05, 3.63) is 40.6 Å². The Kier molecular flexibility index (Phi) is 2.74. The second-order valence-corrected chi connectivity index (χ2v) is 5.72. The predicted molar refractivity (Wildman–Crippen MR) is 78.7 cm³/mol. The molecule has 0 spiro atoms. The summed E-state index contributed by atoms with van der Waals surface area (Å²) in [4.78, 5) is 11.9. The van der Waals surface area contributed by atoms with Crippen LogP contribution in [0.1, 0.15) is 41.0 Å². The summed E-state index contributed by atoms with van der Waals surface area (Å²) in [5.41, 5.74) is 4.90. The van der Waals surface area contributed by atoms with Crippen molar-refractivity contribution in [1.29, 1.82) is 0 Å². The molecule has 21 heavy (non-hydrogen) atoms. The van der Waals surface area contributed by atoms with Gasteiger partial charge in [-0.25, -0.2) is 0 Å². The summed E-state index contributed by atoms with van der Waals surface area (Å²) in [6, 6.07) is 4.37. The standard InChI is InChI=1S/C16H17N3O2/c1-21-14-6-10-4-2-3-9(10)5-12(14)11-7-15(20)18-16-13(11)8-17-19-16/h5-6,8,11H,2-4,7H2,1H3,(H2,17,18,19,20)/t11-/m1/s1. The Balaban J connectivity index is 1.85. The molecule has 0 saturated carbocycles. The summed E-state index contributed by atoms with van der Waals surface area (Å²) >= 11 is 0. The van der Waals surface area contributed by atoms with Crippen LogP contribution in [0.4, 0.5) is 5.82 Å². The number of carbonyl (C=O) groups is 1. The van der Waals surface area contributed by atoms with Gasteiger partial charge >= 0.3 is 0 Å². The molecule has 0 radical (unpaired) electrons. The Hall–Kier alpha value is -2.30. The zero-order valence-electron chi connectivity index (χ0n) is 11.9. The molecule has 4 rings (SSSR count). The van der Waals surface area contributed by atoms with Gasteiger partial charge in [-0.05, 0) is 36.5 Å². The quantitative estimate of drug-likeness (QED) is 0.889. The van der Waals surface area contributed by atoms with Gasteiger partial charge in [0, 0.05) is 23.5 Å². The molecule has 5 nitrogen and oxygen atoms in total. The molecule has 0 bridgehead atoms. The van der Waals surface area contributed by atoms with E-state index in [1.807, 2.05) is 0 Å². The van der Waals surface area contributed by atoms with Crippen molar-refractivity contribution in [3.63, 3.8) is 0 Å². The van der Waals surface area contributed by atoms with Crippen molar-refractivity contribution in [1.82, 2.24) is 10.2 Å². The molecule has 1 amide bonds. The number of aryl methyl sites for hydroxylation is 2. The number of hydrogen-bond acceptors (Lipinski definition) is 3. The largest absolute Gasteiger partial charge is 0.496 e. The lowest BCUT2D eigenvalue weighted by atomic mass is 9.85. The Bertz CT molecular complexity index is 720. The third kappa shape index (κ3) is 1.92. The van der Waals surface area contributed by atoms with Crippen molar-refractivity contribution >= 4 is 11.7 Å². The molecule has 0 saturated heterocycles. The van der Waals surface area contributed by atoms with Crippen LogP contribution >= 0.6 is 0 Å². The number of hydrogen-bond donors (Lipinski definition) is 2. The van der Waals surface area contributed by atoms with E-state index in [1.54, 1.807) is 13.3 Å². The summed E-state index contributed by atoms with van der Waals surface area (Å²) in [5, 5.41) is 9.75. The monoisotopic (exact) mass is 283 g/mol. The van der Waals surface area contributed by atoms with Crippen LogP contribution in [0.2, 0.25) is 0 Å². The lowest BCUT2D eigenvalue weighted by molar-refractivity contribution is -0.116. The minimum atomic E-state index is 0.00773. The van der Waals surface area contributed by atoms with E-state index >= 15 is 0 Å². The highest BCUT2D eigenvalue weighted by atomic mass is 16.5. The molecule has 2 heterocycles. The van der Waals surface area contributed by atoms with Crippen molar-refractivity contribution < 1.29 is 9.53 Å². The molecule has 1 aromatic carbocycles. The highest BCUT2D eigenvalue weighted by Gasteiger charge is 2.31. The lowest BCUT2D eigenvalue weighted by Gasteiger charge is -2.24. The van der Waals surface area contributed by atoms with E-state index in [2.05, 4.69) is 27.6 Å². The minimum Gasteiger partial charge on any atom is -0.496 e. The zero-order valence-corrected chi connectivity index (χ0v) is 11.9. The van der Waals surface area contributed by atoms with E-state index in [1.165, 1.54) is 17.5 Å². The number of rotatable bonds is 2. The first-order valence-corrected chi connectivity index (χ1v) is 7.29. The number of methoxy groups -OCH3 is 1. The summed E-state index contributed by atoms with van der Waals surface area (Å²) in [6.07, 6.45) is 5.66. The molecular weight excluding hydrogens is 266 g/mol. The molecule has 2 aliphatic rings. The number of aromatic nitrogens is 2. The third-order valence-corrected chi connectivity index (χ3v) is 4.52. The molecule has 2 N–H and O–H groups in total. The summed E-state index contributed by atoms with van der Waals surface area (Å²) in [5.74, 6) is 1.61. The van der Waals surface area contributed by atoms with Gasteiger partial charge in [-0.3, -0.25) is 9.89 Å². The summed E-state index contributed by atoms with van der Waals surface area (Å²) in [7, 11) is 1.69. The fourth-order valence-electron chi connectivity index (χ4n) is 3.49. The number of aromatic amines is 1. The van der Waals surface area contributed by atoms with Crippen molar-refractivity contribution in [2.75, 3.05) is 12.4 Å². The van der Waals surface area contributed by atoms with E-state index in [0.717, 1.165) is 29.7 Å². The Labute approximate surface area is 122 Å². The first-order chi connectivity index (χ1) is 10.3. The van der Waals surface area contributed by atoms with Crippen molar-refractivity contribution in [2.24, 2.45) is 0 Å². The van der Waals surface area contributed by atoms with Gasteiger partial charge in [0.25, 0.3) is 0 Å². The third-order valence-electron chi connectivity index (χ3n) is 4.52. The first kappa shape index (κ1) is 12.4. The number of nitrogens with zero attached hydrogens (tertiary/aromatic N) is 1. The van der Waals surface area contributed by atoms with Crippen LogP contribution in [0.3, 0.4) is 0 Å². The Morgan fingerprint density at radius 1 is 1.24 bits per heavy atom. The maximum absolute atomic E-state index is 11.9. The number of carbonyl (C=O) groups excluding carboxylic acids is 1. The first-order valence-electron chi connectivity index (χ1n) is 7.29. The van der Waals surface area contributed by atoms with Crippen LogP contribution in [-0.4, -0.2) is 23.2 Å². The average Bonchev–Trinajstić information content (AvgIpc) is 3.12. The molecule has 1 aliphatic heterocycles. The Morgan fingerprint density at radius 2 is 2.05 bits per heavy atom. The van der Waals surface area contributed by atoms with Crippen molar-refractivity contribution in [2.45, 2.75) is 31.6 Å². The second-order valence-electron chi connectivity index (χ2n) is 5.72. The maximum atomic E-state index is 11.9. The average molecular weight is 283 g/mol. The fourth-order valence-corrected chi connectivity index (χ4v) is 3.49. The van der Waals surface area contributed by atoms with Crippen LogP contribution in [0, 0.1) is 0 Å². The van der Waals surface area contributed by atoms with Gasteiger partial charge in [-0.1, -0.05) is 6.07 Å². The molecule has 2 aromatic rings. The van der Waals surface area contributed by atoms with Crippen LogP contribution in [0.15, 0.2) is 18.3 Å². The van der Waals surface area contributed by atoms with E-state index in [-0.39, 0.29) is 11.8 Å². The molecule has 0 unspecified atom stereocenters. The van der Waals surface area contributed by atoms with Crippen LogP contribution in [-0.2, 0) is 17.6 Å². The van der Waals surface area contributed by atoms with E-state index < -0.39 is 0 Å². The van der Waals surface area contributed by atoms with Gasteiger partial charge in [0.2, 0.25) is 5.91 Å². The van der Waals surface area contributed by atoms with Gasteiger partial charge in [-0.15, -0.1) is 0 Å². The number of anilines is 1. The Morgan fingerprint density at radius 3 is 2.86 bits per heavy atom. The highest BCUT2D eigenvalue weighted by Crippen LogP contribution is 2.42.